The molecule has 0 amide bonds. The predicted octanol–water partition coefficient (Wildman–Crippen LogP) is 6.19. The molecular formula is C26H25Cl2N3O4. The number of carboxylic acid groups (broad SMARTS) is 1. The molecule has 2 saturated carbocycles. The van der Waals surface area contributed by atoms with Crippen LogP contribution < -0.4 is 4.90 Å². The number of carbonyl (C=O) groups is 1. The first kappa shape index (κ1) is 22.8. The van der Waals surface area contributed by atoms with E-state index in [1.807, 2.05) is 18.2 Å². The van der Waals surface area contributed by atoms with Crippen LogP contribution in [0.1, 0.15) is 60.2 Å². The highest BCUT2D eigenvalue weighted by atomic mass is 35.5. The highest BCUT2D eigenvalue weighted by Gasteiger charge is 2.50. The summed E-state index contributed by atoms with van der Waals surface area (Å²) in [5.74, 6) is 1.48. The molecule has 7 nitrogen and oxygen atoms in total. The predicted molar refractivity (Wildman–Crippen MR) is 132 cm³/mol. The molecule has 182 valence electrons. The number of nitrogens with zero attached hydrogens (tertiary/aromatic N) is 3. The van der Waals surface area contributed by atoms with Crippen molar-refractivity contribution in [3.8, 4) is 11.3 Å². The molecule has 1 saturated heterocycles. The summed E-state index contributed by atoms with van der Waals surface area (Å²) in [7, 11) is 0. The Morgan fingerprint density at radius 3 is 2.60 bits per heavy atom. The van der Waals surface area contributed by atoms with Crippen LogP contribution in [-0.2, 0) is 11.3 Å². The number of carboxylic acids is 1. The minimum absolute atomic E-state index is 0.112. The Morgan fingerprint density at radius 2 is 1.97 bits per heavy atom. The van der Waals surface area contributed by atoms with Crippen molar-refractivity contribution in [2.45, 2.75) is 63.3 Å². The lowest BCUT2D eigenvalue weighted by atomic mass is 9.97. The number of halogens is 2. The monoisotopic (exact) mass is 513 g/mol. The fraction of sp³-hybridized carbons (Fsp3) is 0.423. The molecule has 35 heavy (non-hydrogen) atoms. The van der Waals surface area contributed by atoms with E-state index in [-0.39, 0.29) is 17.7 Å². The van der Waals surface area contributed by atoms with E-state index in [9.17, 15) is 4.79 Å². The molecule has 4 atom stereocenters. The quantitative estimate of drug-likeness (QED) is 0.402. The number of benzene rings is 1. The van der Waals surface area contributed by atoms with Crippen molar-refractivity contribution in [2.24, 2.45) is 5.92 Å². The number of rotatable bonds is 7. The second kappa shape index (κ2) is 8.80. The maximum Gasteiger partial charge on any atom is 0.337 e. The molecule has 1 aromatic carbocycles. The maximum absolute atomic E-state index is 11.2. The number of hydrogen-bond acceptors (Lipinski definition) is 6. The molecule has 3 aliphatic rings. The van der Waals surface area contributed by atoms with Crippen LogP contribution in [0.25, 0.3) is 11.3 Å². The van der Waals surface area contributed by atoms with Gasteiger partial charge in [0, 0.05) is 41.2 Å². The minimum atomic E-state index is -0.967. The molecule has 1 N–H and O–H groups in total. The van der Waals surface area contributed by atoms with E-state index in [4.69, 9.17) is 37.6 Å². The fourth-order valence-corrected chi connectivity index (χ4v) is 6.35. The Balaban J connectivity index is 1.20. The highest BCUT2D eigenvalue weighted by molar-refractivity contribution is 6.39. The average Bonchev–Trinajstić information content (AvgIpc) is 3.34. The Kier molecular flexibility index (Phi) is 5.74. The first-order chi connectivity index (χ1) is 16.9. The van der Waals surface area contributed by atoms with E-state index in [0.29, 0.717) is 45.8 Å². The third kappa shape index (κ3) is 3.99. The van der Waals surface area contributed by atoms with Crippen molar-refractivity contribution in [1.29, 1.82) is 0 Å². The van der Waals surface area contributed by atoms with Crippen molar-refractivity contribution in [3.05, 3.63) is 63.5 Å². The molecule has 3 aromatic rings. The number of piperidine rings is 1. The van der Waals surface area contributed by atoms with Gasteiger partial charge in [-0.05, 0) is 56.9 Å². The van der Waals surface area contributed by atoms with Crippen LogP contribution in [0.15, 0.2) is 41.1 Å². The number of pyridine rings is 1. The number of aromatic nitrogens is 2. The van der Waals surface area contributed by atoms with Crippen molar-refractivity contribution < 1.29 is 19.2 Å². The number of ether oxygens (including phenoxy) is 1. The standard InChI is InChI=1S/C26H25Cl2N3O4/c1-13-17-9-16(31(13)22-8-7-15(11-29-22)26(32)33)10-21(17)34-12-18-24(30-35-25(18)14-5-6-14)23-19(27)3-2-4-20(23)28/h2-4,7-8,11,13-14,16-17,21H,5-6,9-10,12H2,1H3,(H,32,33)/t13-,16+,17+,21-/m0/s1. The zero-order chi connectivity index (χ0) is 24.3. The summed E-state index contributed by atoms with van der Waals surface area (Å²) in [5.41, 5.74) is 2.50. The summed E-state index contributed by atoms with van der Waals surface area (Å²) in [6.45, 7) is 2.59. The first-order valence-electron chi connectivity index (χ1n) is 11.9. The second-order valence-corrected chi connectivity index (χ2v) is 10.6. The fourth-order valence-electron chi connectivity index (χ4n) is 5.77. The van der Waals surface area contributed by atoms with Crippen molar-refractivity contribution in [2.75, 3.05) is 4.90 Å². The summed E-state index contributed by atoms with van der Waals surface area (Å²) in [5, 5.41) is 14.6. The summed E-state index contributed by atoms with van der Waals surface area (Å²) >= 11 is 13.0. The molecule has 2 aromatic heterocycles. The number of aromatic carboxylic acids is 1. The molecule has 9 heteroatoms. The molecule has 1 aliphatic heterocycles. The molecule has 3 heterocycles. The number of hydrogen-bond donors (Lipinski definition) is 1. The van der Waals surface area contributed by atoms with Crippen LogP contribution in [0, 0.1) is 5.92 Å². The van der Waals surface area contributed by atoms with Crippen molar-refractivity contribution in [3.63, 3.8) is 0 Å². The van der Waals surface area contributed by atoms with Crippen LogP contribution >= 0.6 is 23.2 Å². The van der Waals surface area contributed by atoms with Crippen molar-refractivity contribution >= 4 is 35.0 Å². The maximum atomic E-state index is 11.2. The summed E-state index contributed by atoms with van der Waals surface area (Å²) in [4.78, 5) is 17.9. The van der Waals surface area contributed by atoms with Gasteiger partial charge in [0.05, 0.1) is 28.3 Å². The van der Waals surface area contributed by atoms with Gasteiger partial charge in [0.15, 0.2) is 0 Å². The summed E-state index contributed by atoms with van der Waals surface area (Å²) < 4.78 is 12.3. The van der Waals surface area contributed by atoms with Crippen LogP contribution in [-0.4, -0.2) is 39.4 Å². The van der Waals surface area contributed by atoms with E-state index in [0.717, 1.165) is 42.8 Å². The normalized spacial score (nSPS) is 25.4. The van der Waals surface area contributed by atoms with E-state index >= 15 is 0 Å². The van der Waals surface area contributed by atoms with Gasteiger partial charge in [-0.3, -0.25) is 0 Å². The lowest BCUT2D eigenvalue weighted by Gasteiger charge is -2.38. The van der Waals surface area contributed by atoms with Gasteiger partial charge in [-0.15, -0.1) is 0 Å². The topological polar surface area (TPSA) is 88.7 Å². The third-order valence-corrected chi connectivity index (χ3v) is 8.28. The lowest BCUT2D eigenvalue weighted by molar-refractivity contribution is 0.00359. The first-order valence-corrected chi connectivity index (χ1v) is 12.7. The highest BCUT2D eigenvalue weighted by Crippen LogP contribution is 2.48. The minimum Gasteiger partial charge on any atom is -0.478 e. The Bertz CT molecular complexity index is 1250. The zero-order valence-electron chi connectivity index (χ0n) is 19.2. The van der Waals surface area contributed by atoms with Crippen LogP contribution in [0.2, 0.25) is 10.0 Å². The van der Waals surface area contributed by atoms with Gasteiger partial charge in [-0.2, -0.15) is 0 Å². The Hall–Kier alpha value is -2.61. The second-order valence-electron chi connectivity index (χ2n) is 9.74. The van der Waals surface area contributed by atoms with Gasteiger partial charge in [0.1, 0.15) is 17.3 Å². The van der Waals surface area contributed by atoms with E-state index in [1.165, 1.54) is 6.20 Å². The molecule has 0 radical (unpaired) electrons. The van der Waals surface area contributed by atoms with Gasteiger partial charge < -0.3 is 19.3 Å². The Labute approximate surface area is 213 Å². The lowest BCUT2D eigenvalue weighted by Crippen LogP contribution is -2.45. The van der Waals surface area contributed by atoms with Gasteiger partial charge in [-0.1, -0.05) is 34.4 Å². The Morgan fingerprint density at radius 1 is 1.20 bits per heavy atom. The van der Waals surface area contributed by atoms with Crippen molar-refractivity contribution in [1.82, 2.24) is 10.1 Å². The summed E-state index contributed by atoms with van der Waals surface area (Å²) in [6, 6.07) is 9.40. The summed E-state index contributed by atoms with van der Waals surface area (Å²) in [6.07, 6.45) is 5.63. The van der Waals surface area contributed by atoms with Crippen LogP contribution in [0.5, 0.6) is 0 Å². The molecule has 2 bridgehead atoms. The average molecular weight is 514 g/mol. The van der Waals surface area contributed by atoms with Gasteiger partial charge >= 0.3 is 5.97 Å². The van der Waals surface area contributed by atoms with Gasteiger partial charge in [-0.25, -0.2) is 9.78 Å². The van der Waals surface area contributed by atoms with E-state index < -0.39 is 5.97 Å². The number of anilines is 1. The molecule has 0 spiro atoms. The molecule has 0 unspecified atom stereocenters. The van der Waals surface area contributed by atoms with Crippen LogP contribution in [0.3, 0.4) is 0 Å². The third-order valence-electron chi connectivity index (χ3n) is 7.65. The van der Waals surface area contributed by atoms with Crippen LogP contribution in [0.4, 0.5) is 5.82 Å². The van der Waals surface area contributed by atoms with Gasteiger partial charge in [0.2, 0.25) is 0 Å². The number of fused-ring (bicyclic) bond motifs is 2. The SMILES string of the molecule is C[C@H]1[C@H]2C[C@H](C[C@@H]2OCc2c(-c3c(Cl)cccc3Cl)noc2C2CC2)N1c1ccc(C(=O)O)cn1. The van der Waals surface area contributed by atoms with Gasteiger partial charge in [0.25, 0.3) is 0 Å². The molecule has 2 aliphatic carbocycles. The molecular weight excluding hydrogens is 489 g/mol. The largest absolute Gasteiger partial charge is 0.478 e. The molecule has 6 rings (SSSR count). The van der Waals surface area contributed by atoms with E-state index in [2.05, 4.69) is 22.0 Å². The molecule has 3 fully saturated rings. The van der Waals surface area contributed by atoms with E-state index in [1.54, 1.807) is 12.1 Å². The zero-order valence-corrected chi connectivity index (χ0v) is 20.7. The smallest absolute Gasteiger partial charge is 0.337 e.